The zero-order chi connectivity index (χ0) is 10.8. The zero-order valence-electron chi connectivity index (χ0n) is 8.70. The number of halogens is 1. The van der Waals surface area contributed by atoms with Crippen LogP contribution in [-0.2, 0) is 13.0 Å². The number of aliphatic hydroxyl groups is 1. The molecule has 0 amide bonds. The predicted octanol–water partition coefficient (Wildman–Crippen LogP) is 2.96. The summed E-state index contributed by atoms with van der Waals surface area (Å²) < 4.78 is 3.31. The lowest BCUT2D eigenvalue weighted by Gasteiger charge is -2.00. The molecular weight excluding hydrogens is 254 g/mol. The first-order valence-electron chi connectivity index (χ1n) is 5.14. The quantitative estimate of drug-likeness (QED) is 0.909. The van der Waals surface area contributed by atoms with E-state index in [0.29, 0.717) is 0 Å². The minimum absolute atomic E-state index is 0.207. The van der Waals surface area contributed by atoms with Crippen LogP contribution in [0.4, 0.5) is 0 Å². The van der Waals surface area contributed by atoms with Gasteiger partial charge in [0.2, 0.25) is 0 Å². The van der Waals surface area contributed by atoms with Gasteiger partial charge >= 0.3 is 0 Å². The Kier molecular flexibility index (Phi) is 3.12. The monoisotopic (exact) mass is 267 g/mol. The number of hydrogen-bond donors (Lipinski definition) is 1. The summed E-state index contributed by atoms with van der Waals surface area (Å²) in [5.41, 5.74) is 2.46. The van der Waals surface area contributed by atoms with Gasteiger partial charge in [0.15, 0.2) is 0 Å². The second-order valence-corrected chi connectivity index (χ2v) is 4.49. The largest absolute Gasteiger partial charge is 0.396 e. The third kappa shape index (κ3) is 1.94. The number of aliphatic hydroxyl groups excluding tert-OH is 1. The van der Waals surface area contributed by atoms with Crippen LogP contribution in [0.1, 0.15) is 12.5 Å². The van der Waals surface area contributed by atoms with Gasteiger partial charge in [-0.1, -0.05) is 22.0 Å². The Hall–Kier alpha value is -0.800. The minimum Gasteiger partial charge on any atom is -0.396 e. The normalized spacial score (nSPS) is 11.1. The topological polar surface area (TPSA) is 25.2 Å². The van der Waals surface area contributed by atoms with Crippen molar-refractivity contribution in [1.29, 1.82) is 0 Å². The molecule has 0 radical (unpaired) electrons. The second-order valence-electron chi connectivity index (χ2n) is 3.58. The summed E-state index contributed by atoms with van der Waals surface area (Å²) in [7, 11) is 0. The highest BCUT2D eigenvalue weighted by molar-refractivity contribution is 9.10. The molecule has 0 spiro atoms. The Balaban J connectivity index is 2.64. The molecule has 0 fully saturated rings. The van der Waals surface area contributed by atoms with Crippen molar-refractivity contribution < 1.29 is 5.11 Å². The average molecular weight is 268 g/mol. The molecule has 3 heteroatoms. The van der Waals surface area contributed by atoms with Crippen molar-refractivity contribution in [2.45, 2.75) is 19.9 Å². The number of aryl methyl sites for hydroxylation is 1. The van der Waals surface area contributed by atoms with Crippen LogP contribution in [-0.4, -0.2) is 16.3 Å². The first-order valence-corrected chi connectivity index (χ1v) is 5.93. The SMILES string of the molecule is CCn1cc(CCO)c2ccc(Br)cc21. The summed E-state index contributed by atoms with van der Waals surface area (Å²) in [6.45, 7) is 3.29. The third-order valence-electron chi connectivity index (χ3n) is 2.65. The summed E-state index contributed by atoms with van der Waals surface area (Å²) >= 11 is 3.48. The van der Waals surface area contributed by atoms with Gasteiger partial charge in [0.25, 0.3) is 0 Å². The van der Waals surface area contributed by atoms with E-state index in [-0.39, 0.29) is 6.61 Å². The van der Waals surface area contributed by atoms with Crippen molar-refractivity contribution in [3.8, 4) is 0 Å². The van der Waals surface area contributed by atoms with Crippen LogP contribution in [0.15, 0.2) is 28.9 Å². The lowest BCUT2D eigenvalue weighted by Crippen LogP contribution is -1.91. The molecule has 15 heavy (non-hydrogen) atoms. The van der Waals surface area contributed by atoms with E-state index in [1.165, 1.54) is 16.5 Å². The van der Waals surface area contributed by atoms with Crippen molar-refractivity contribution in [3.05, 3.63) is 34.4 Å². The Bertz CT molecular complexity index is 476. The second kappa shape index (κ2) is 4.37. The molecule has 2 nitrogen and oxygen atoms in total. The van der Waals surface area contributed by atoms with Gasteiger partial charge in [-0.2, -0.15) is 0 Å². The van der Waals surface area contributed by atoms with Crippen molar-refractivity contribution >= 4 is 26.8 Å². The number of benzene rings is 1. The van der Waals surface area contributed by atoms with Gasteiger partial charge in [-0.3, -0.25) is 0 Å². The molecule has 0 saturated heterocycles. The Morgan fingerprint density at radius 2 is 2.20 bits per heavy atom. The molecule has 0 saturated carbocycles. The molecule has 0 unspecified atom stereocenters. The molecule has 80 valence electrons. The van der Waals surface area contributed by atoms with Crippen molar-refractivity contribution in [2.75, 3.05) is 6.61 Å². The Labute approximate surface area is 97.7 Å². The first kappa shape index (κ1) is 10.7. The highest BCUT2D eigenvalue weighted by Crippen LogP contribution is 2.25. The fourth-order valence-corrected chi connectivity index (χ4v) is 2.27. The standard InChI is InChI=1S/C12H14BrNO/c1-2-14-8-9(5-6-15)11-4-3-10(13)7-12(11)14/h3-4,7-8,15H,2,5-6H2,1H3. The summed E-state index contributed by atoms with van der Waals surface area (Å²) in [6, 6.07) is 6.28. The van der Waals surface area contributed by atoms with Gasteiger partial charge in [-0.05, 0) is 31.0 Å². The highest BCUT2D eigenvalue weighted by Gasteiger charge is 2.07. The van der Waals surface area contributed by atoms with Crippen LogP contribution in [0, 0.1) is 0 Å². The van der Waals surface area contributed by atoms with Gasteiger partial charge in [0.1, 0.15) is 0 Å². The van der Waals surface area contributed by atoms with Gasteiger partial charge in [0, 0.05) is 34.7 Å². The maximum Gasteiger partial charge on any atom is 0.0494 e. The van der Waals surface area contributed by atoms with Crippen LogP contribution in [0.5, 0.6) is 0 Å². The summed E-state index contributed by atoms with van der Waals surface area (Å²) in [5, 5.41) is 10.2. The number of nitrogens with zero attached hydrogens (tertiary/aromatic N) is 1. The van der Waals surface area contributed by atoms with Gasteiger partial charge in [0.05, 0.1) is 0 Å². The molecule has 1 aromatic carbocycles. The zero-order valence-corrected chi connectivity index (χ0v) is 10.3. The molecule has 0 bridgehead atoms. The molecule has 1 heterocycles. The number of fused-ring (bicyclic) bond motifs is 1. The molecule has 2 rings (SSSR count). The Morgan fingerprint density at radius 3 is 2.87 bits per heavy atom. The van der Waals surface area contributed by atoms with E-state index in [2.05, 4.69) is 45.8 Å². The van der Waals surface area contributed by atoms with Crippen molar-refractivity contribution in [3.63, 3.8) is 0 Å². The lowest BCUT2D eigenvalue weighted by molar-refractivity contribution is 0.300. The summed E-state index contributed by atoms with van der Waals surface area (Å²) in [6.07, 6.45) is 2.86. The number of aromatic nitrogens is 1. The molecule has 2 aromatic rings. The predicted molar refractivity (Wildman–Crippen MR) is 66.1 cm³/mol. The molecule has 0 aliphatic carbocycles. The highest BCUT2D eigenvalue weighted by atomic mass is 79.9. The maximum atomic E-state index is 9.00. The van der Waals surface area contributed by atoms with Gasteiger partial charge < -0.3 is 9.67 Å². The van der Waals surface area contributed by atoms with Crippen LogP contribution >= 0.6 is 15.9 Å². The van der Waals surface area contributed by atoms with E-state index in [1.807, 2.05) is 6.07 Å². The van der Waals surface area contributed by atoms with Gasteiger partial charge in [-0.25, -0.2) is 0 Å². The van der Waals surface area contributed by atoms with E-state index in [4.69, 9.17) is 5.11 Å². The third-order valence-corrected chi connectivity index (χ3v) is 3.14. The van der Waals surface area contributed by atoms with Crippen LogP contribution in [0.3, 0.4) is 0 Å². The van der Waals surface area contributed by atoms with Crippen LogP contribution in [0.2, 0.25) is 0 Å². The number of hydrogen-bond acceptors (Lipinski definition) is 1. The lowest BCUT2D eigenvalue weighted by atomic mass is 10.1. The Morgan fingerprint density at radius 1 is 1.40 bits per heavy atom. The fraction of sp³-hybridized carbons (Fsp3) is 0.333. The van der Waals surface area contributed by atoms with Crippen molar-refractivity contribution in [2.24, 2.45) is 0 Å². The van der Waals surface area contributed by atoms with E-state index in [9.17, 15) is 0 Å². The fourth-order valence-electron chi connectivity index (χ4n) is 1.92. The van der Waals surface area contributed by atoms with E-state index in [1.54, 1.807) is 0 Å². The maximum absolute atomic E-state index is 9.00. The van der Waals surface area contributed by atoms with E-state index >= 15 is 0 Å². The molecule has 0 aliphatic heterocycles. The van der Waals surface area contributed by atoms with Gasteiger partial charge in [-0.15, -0.1) is 0 Å². The summed E-state index contributed by atoms with van der Waals surface area (Å²) in [5.74, 6) is 0. The van der Waals surface area contributed by atoms with Crippen molar-refractivity contribution in [1.82, 2.24) is 4.57 Å². The molecule has 0 atom stereocenters. The van der Waals surface area contributed by atoms with E-state index < -0.39 is 0 Å². The van der Waals surface area contributed by atoms with Crippen LogP contribution in [0.25, 0.3) is 10.9 Å². The van der Waals surface area contributed by atoms with E-state index in [0.717, 1.165) is 17.4 Å². The molecule has 0 aliphatic rings. The molecular formula is C12H14BrNO. The minimum atomic E-state index is 0.207. The summed E-state index contributed by atoms with van der Waals surface area (Å²) in [4.78, 5) is 0. The average Bonchev–Trinajstić information content (AvgIpc) is 2.56. The first-order chi connectivity index (χ1) is 7.26. The molecule has 1 N–H and O–H groups in total. The smallest absolute Gasteiger partial charge is 0.0494 e. The van der Waals surface area contributed by atoms with Crippen LogP contribution < -0.4 is 0 Å². The number of rotatable bonds is 3. The molecule has 1 aromatic heterocycles.